The molecular formula is C25H21N3O2. The van der Waals surface area contributed by atoms with Gasteiger partial charge in [-0.2, -0.15) is 0 Å². The van der Waals surface area contributed by atoms with Crippen LogP contribution in [0.4, 0.5) is 0 Å². The molecule has 1 aliphatic rings. The van der Waals surface area contributed by atoms with Gasteiger partial charge in [0.15, 0.2) is 0 Å². The number of nitrogens with one attached hydrogen (secondary N) is 2. The molecule has 5 rings (SSSR count). The average Bonchev–Trinajstić information content (AvgIpc) is 3.32. The zero-order valence-corrected chi connectivity index (χ0v) is 16.3. The second kappa shape index (κ2) is 7.52. The molecule has 0 unspecified atom stereocenters. The van der Waals surface area contributed by atoms with E-state index >= 15 is 0 Å². The Hall–Kier alpha value is -3.86. The lowest BCUT2D eigenvalue weighted by Crippen LogP contribution is -2.39. The van der Waals surface area contributed by atoms with Crippen molar-refractivity contribution >= 4 is 22.7 Å². The third-order valence-electron chi connectivity index (χ3n) is 5.62. The van der Waals surface area contributed by atoms with E-state index in [4.69, 9.17) is 0 Å². The summed E-state index contributed by atoms with van der Waals surface area (Å²) in [7, 11) is 0. The second-order valence-electron chi connectivity index (χ2n) is 7.47. The number of carbonyl (C=O) groups excluding carboxylic acids is 2. The topological polar surface area (TPSA) is 65.2 Å². The lowest BCUT2D eigenvalue weighted by atomic mass is 9.97. The maximum Gasteiger partial charge on any atom is 0.255 e. The number of fused-ring (bicyclic) bond motifs is 2. The maximum atomic E-state index is 13.2. The van der Waals surface area contributed by atoms with Gasteiger partial charge in [-0.05, 0) is 23.3 Å². The Morgan fingerprint density at radius 2 is 1.63 bits per heavy atom. The van der Waals surface area contributed by atoms with Crippen LogP contribution in [0.3, 0.4) is 0 Å². The number of aromatic amines is 1. The molecule has 0 radical (unpaired) electrons. The second-order valence-corrected chi connectivity index (χ2v) is 7.47. The Morgan fingerprint density at radius 1 is 0.900 bits per heavy atom. The third-order valence-corrected chi connectivity index (χ3v) is 5.62. The van der Waals surface area contributed by atoms with Crippen molar-refractivity contribution in [3.63, 3.8) is 0 Å². The van der Waals surface area contributed by atoms with E-state index in [1.807, 2.05) is 85.1 Å². The van der Waals surface area contributed by atoms with E-state index in [-0.39, 0.29) is 24.4 Å². The molecule has 1 atom stereocenters. The van der Waals surface area contributed by atoms with Gasteiger partial charge in [0.2, 0.25) is 5.91 Å². The highest BCUT2D eigenvalue weighted by atomic mass is 16.2. The van der Waals surface area contributed by atoms with Gasteiger partial charge in [-0.1, -0.05) is 66.7 Å². The van der Waals surface area contributed by atoms with Crippen LogP contribution in [0, 0.1) is 0 Å². The van der Waals surface area contributed by atoms with Crippen LogP contribution in [0.1, 0.15) is 33.1 Å². The van der Waals surface area contributed by atoms with Crippen molar-refractivity contribution in [3.8, 4) is 0 Å². The van der Waals surface area contributed by atoms with Crippen molar-refractivity contribution in [2.45, 2.75) is 12.6 Å². The first-order valence-electron chi connectivity index (χ1n) is 9.99. The highest BCUT2D eigenvalue weighted by Crippen LogP contribution is 2.40. The molecule has 0 spiro atoms. The number of amides is 2. The van der Waals surface area contributed by atoms with Crippen LogP contribution in [0.2, 0.25) is 0 Å². The first kappa shape index (κ1) is 18.2. The number of para-hydroxylation sites is 1. The van der Waals surface area contributed by atoms with Crippen molar-refractivity contribution in [1.29, 1.82) is 0 Å². The summed E-state index contributed by atoms with van der Waals surface area (Å²) in [6, 6.07) is 25.1. The summed E-state index contributed by atoms with van der Waals surface area (Å²) in [6.07, 6.45) is 1.94. The molecular weight excluding hydrogens is 374 g/mol. The predicted octanol–water partition coefficient (Wildman–Crippen LogP) is 4.03. The highest BCUT2D eigenvalue weighted by molar-refractivity contribution is 6.02. The SMILES string of the molecule is O=C(CN1C(=O)c2ccccc2[C@H]1c1c[nH]c2ccccc12)NCc1ccccc1. The van der Waals surface area contributed by atoms with E-state index in [1.54, 1.807) is 4.90 Å². The molecule has 0 bridgehead atoms. The molecule has 5 nitrogen and oxygen atoms in total. The molecule has 2 N–H and O–H groups in total. The third kappa shape index (κ3) is 3.14. The lowest BCUT2D eigenvalue weighted by Gasteiger charge is -2.25. The van der Waals surface area contributed by atoms with E-state index in [1.165, 1.54) is 0 Å². The molecule has 0 saturated carbocycles. The summed E-state index contributed by atoms with van der Waals surface area (Å²) in [4.78, 5) is 30.9. The van der Waals surface area contributed by atoms with Crippen LogP contribution in [0.15, 0.2) is 85.1 Å². The zero-order valence-electron chi connectivity index (χ0n) is 16.3. The van der Waals surface area contributed by atoms with Gasteiger partial charge in [-0.3, -0.25) is 9.59 Å². The minimum Gasteiger partial charge on any atom is -0.361 e. The maximum absolute atomic E-state index is 13.2. The van der Waals surface area contributed by atoms with Crippen molar-refractivity contribution in [2.24, 2.45) is 0 Å². The fourth-order valence-corrected chi connectivity index (χ4v) is 4.20. The largest absolute Gasteiger partial charge is 0.361 e. The lowest BCUT2D eigenvalue weighted by molar-refractivity contribution is -0.122. The molecule has 2 heterocycles. The molecule has 30 heavy (non-hydrogen) atoms. The number of rotatable bonds is 5. The Morgan fingerprint density at radius 3 is 2.50 bits per heavy atom. The fraction of sp³-hybridized carbons (Fsp3) is 0.120. The molecule has 0 saturated heterocycles. The minimum absolute atomic E-state index is 0.00448. The molecule has 0 aliphatic carbocycles. The first-order valence-corrected chi connectivity index (χ1v) is 9.99. The van der Waals surface area contributed by atoms with Crippen molar-refractivity contribution in [3.05, 3.63) is 107 Å². The molecule has 1 aromatic heterocycles. The van der Waals surface area contributed by atoms with Gasteiger partial charge >= 0.3 is 0 Å². The van der Waals surface area contributed by atoms with E-state index in [9.17, 15) is 9.59 Å². The van der Waals surface area contributed by atoms with Gasteiger partial charge in [-0.25, -0.2) is 0 Å². The van der Waals surface area contributed by atoms with E-state index in [0.717, 1.165) is 27.6 Å². The number of H-pyrrole nitrogens is 1. The standard InChI is InChI=1S/C25H21N3O2/c29-23(27-14-17-8-2-1-3-9-17)16-28-24(19-11-4-5-12-20(19)25(28)30)21-15-26-22-13-7-6-10-18(21)22/h1-13,15,24,26H,14,16H2,(H,27,29)/t24-/m0/s1. The number of nitrogens with zero attached hydrogens (tertiary/aromatic N) is 1. The van der Waals surface area contributed by atoms with Gasteiger partial charge < -0.3 is 15.2 Å². The molecule has 148 valence electrons. The molecule has 4 aromatic rings. The van der Waals surface area contributed by atoms with Gasteiger partial charge in [0.05, 0.1) is 6.04 Å². The predicted molar refractivity (Wildman–Crippen MR) is 116 cm³/mol. The van der Waals surface area contributed by atoms with Crippen molar-refractivity contribution in [2.75, 3.05) is 6.54 Å². The van der Waals surface area contributed by atoms with Gasteiger partial charge in [0.25, 0.3) is 5.91 Å². The number of hydrogen-bond donors (Lipinski definition) is 2. The summed E-state index contributed by atoms with van der Waals surface area (Å²) >= 11 is 0. The number of aromatic nitrogens is 1. The van der Waals surface area contributed by atoms with E-state index < -0.39 is 0 Å². The summed E-state index contributed by atoms with van der Waals surface area (Å²) in [5.41, 5.74) is 4.62. The highest BCUT2D eigenvalue weighted by Gasteiger charge is 2.39. The minimum atomic E-state index is -0.299. The Labute approximate surface area is 174 Å². The van der Waals surface area contributed by atoms with E-state index in [0.29, 0.717) is 12.1 Å². The average molecular weight is 395 g/mol. The van der Waals surface area contributed by atoms with E-state index in [2.05, 4.69) is 10.3 Å². The van der Waals surface area contributed by atoms with Crippen LogP contribution < -0.4 is 5.32 Å². The number of carbonyl (C=O) groups is 2. The first-order chi connectivity index (χ1) is 14.7. The van der Waals surface area contributed by atoms with Gasteiger partial charge in [0, 0.05) is 34.8 Å². The summed E-state index contributed by atoms with van der Waals surface area (Å²) in [5.74, 6) is -0.291. The van der Waals surface area contributed by atoms with Gasteiger partial charge in [0.1, 0.15) is 6.54 Å². The monoisotopic (exact) mass is 395 g/mol. The molecule has 2 amide bonds. The Balaban J connectivity index is 1.45. The molecule has 5 heteroatoms. The van der Waals surface area contributed by atoms with Crippen LogP contribution in [-0.2, 0) is 11.3 Å². The van der Waals surface area contributed by atoms with Crippen LogP contribution in [-0.4, -0.2) is 28.2 Å². The van der Waals surface area contributed by atoms with Crippen molar-refractivity contribution in [1.82, 2.24) is 15.2 Å². The molecule has 0 fully saturated rings. The molecule has 3 aromatic carbocycles. The normalized spacial score (nSPS) is 15.4. The smallest absolute Gasteiger partial charge is 0.255 e. The van der Waals surface area contributed by atoms with Gasteiger partial charge in [-0.15, -0.1) is 0 Å². The van der Waals surface area contributed by atoms with Crippen LogP contribution in [0.5, 0.6) is 0 Å². The number of hydrogen-bond acceptors (Lipinski definition) is 2. The zero-order chi connectivity index (χ0) is 20.5. The summed E-state index contributed by atoms with van der Waals surface area (Å²) in [6.45, 7) is 0.441. The molecule has 1 aliphatic heterocycles. The Bertz CT molecular complexity index is 1230. The summed E-state index contributed by atoms with van der Waals surface area (Å²) < 4.78 is 0. The van der Waals surface area contributed by atoms with Crippen molar-refractivity contribution < 1.29 is 9.59 Å². The Kier molecular flexibility index (Phi) is 4.56. The summed E-state index contributed by atoms with van der Waals surface area (Å²) in [5, 5.41) is 3.99. The fourth-order valence-electron chi connectivity index (χ4n) is 4.20. The van der Waals surface area contributed by atoms with Crippen LogP contribution in [0.25, 0.3) is 10.9 Å². The quantitative estimate of drug-likeness (QED) is 0.536. The number of benzene rings is 3. The van der Waals surface area contributed by atoms with Crippen LogP contribution >= 0.6 is 0 Å².